The van der Waals surface area contributed by atoms with E-state index >= 15 is 0 Å². The zero-order valence-electron chi connectivity index (χ0n) is 11.0. The second-order valence-electron chi connectivity index (χ2n) is 4.79. The molecule has 3 heteroatoms. The van der Waals surface area contributed by atoms with Crippen molar-refractivity contribution in [3.8, 4) is 0 Å². The molecule has 3 aromatic rings. The van der Waals surface area contributed by atoms with Crippen LogP contribution >= 0.6 is 0 Å². The Bertz CT molecular complexity index is 753. The van der Waals surface area contributed by atoms with Crippen molar-refractivity contribution >= 4 is 10.9 Å². The third kappa shape index (κ3) is 2.53. The number of hydrogen-bond donors (Lipinski definition) is 1. The number of rotatable bonds is 3. The first-order chi connectivity index (χ1) is 9.76. The van der Waals surface area contributed by atoms with Gasteiger partial charge in [0.25, 0.3) is 0 Å². The van der Waals surface area contributed by atoms with Crippen molar-refractivity contribution in [2.24, 2.45) is 5.73 Å². The van der Waals surface area contributed by atoms with Crippen molar-refractivity contribution in [2.75, 3.05) is 0 Å². The van der Waals surface area contributed by atoms with E-state index in [0.29, 0.717) is 13.0 Å². The summed E-state index contributed by atoms with van der Waals surface area (Å²) in [6, 6.07) is 16.8. The number of para-hydroxylation sites is 1. The summed E-state index contributed by atoms with van der Waals surface area (Å²) >= 11 is 0. The Morgan fingerprint density at radius 2 is 1.80 bits per heavy atom. The maximum absolute atomic E-state index is 13.2. The highest BCUT2D eigenvalue weighted by atomic mass is 19.1. The summed E-state index contributed by atoms with van der Waals surface area (Å²) in [5.74, 6) is -0.249. The van der Waals surface area contributed by atoms with Crippen LogP contribution in [0.1, 0.15) is 16.8 Å². The van der Waals surface area contributed by atoms with Crippen LogP contribution in [-0.2, 0) is 13.0 Å². The van der Waals surface area contributed by atoms with Crippen LogP contribution in [0.2, 0.25) is 0 Å². The van der Waals surface area contributed by atoms with Crippen LogP contribution in [0.3, 0.4) is 0 Å². The summed E-state index contributed by atoms with van der Waals surface area (Å²) < 4.78 is 13.2. The number of nitrogens with zero attached hydrogens (tertiary/aromatic N) is 1. The largest absolute Gasteiger partial charge is 0.326 e. The van der Waals surface area contributed by atoms with Crippen LogP contribution in [0, 0.1) is 5.82 Å². The number of fused-ring (bicyclic) bond motifs is 1. The molecular weight excluding hydrogens is 251 g/mol. The van der Waals surface area contributed by atoms with E-state index in [1.807, 2.05) is 30.3 Å². The number of halogens is 1. The lowest BCUT2D eigenvalue weighted by Crippen LogP contribution is -2.03. The maximum Gasteiger partial charge on any atom is 0.123 e. The Morgan fingerprint density at radius 1 is 0.950 bits per heavy atom. The zero-order chi connectivity index (χ0) is 13.9. The first kappa shape index (κ1) is 12.8. The lowest BCUT2D eigenvalue weighted by molar-refractivity contribution is 0.624. The van der Waals surface area contributed by atoms with Gasteiger partial charge in [0.2, 0.25) is 0 Å². The molecule has 2 aromatic carbocycles. The third-order valence-corrected chi connectivity index (χ3v) is 3.42. The minimum absolute atomic E-state index is 0.249. The van der Waals surface area contributed by atoms with Crippen molar-refractivity contribution in [1.29, 1.82) is 0 Å². The van der Waals surface area contributed by atoms with Crippen molar-refractivity contribution in [2.45, 2.75) is 13.0 Å². The zero-order valence-corrected chi connectivity index (χ0v) is 11.0. The Hall–Kier alpha value is -2.26. The molecule has 2 nitrogen and oxygen atoms in total. The van der Waals surface area contributed by atoms with Crippen LogP contribution in [0.5, 0.6) is 0 Å². The predicted octanol–water partition coefficient (Wildman–Crippen LogP) is 3.42. The molecule has 0 spiro atoms. The molecule has 0 saturated carbocycles. The van der Waals surface area contributed by atoms with Gasteiger partial charge in [-0.2, -0.15) is 0 Å². The van der Waals surface area contributed by atoms with Gasteiger partial charge in [0.05, 0.1) is 5.52 Å². The molecular formula is C17H15FN2. The quantitative estimate of drug-likeness (QED) is 0.789. The molecule has 0 amide bonds. The van der Waals surface area contributed by atoms with Gasteiger partial charge < -0.3 is 5.73 Å². The van der Waals surface area contributed by atoms with E-state index in [2.05, 4.69) is 11.1 Å². The van der Waals surface area contributed by atoms with Gasteiger partial charge in [-0.1, -0.05) is 30.3 Å². The van der Waals surface area contributed by atoms with Gasteiger partial charge >= 0.3 is 0 Å². The molecule has 1 aromatic heterocycles. The first-order valence-corrected chi connectivity index (χ1v) is 6.58. The highest BCUT2D eigenvalue weighted by Gasteiger charge is 2.05. The fourth-order valence-corrected chi connectivity index (χ4v) is 2.36. The number of aromatic nitrogens is 1. The Labute approximate surface area is 117 Å². The Balaban J connectivity index is 1.96. The molecule has 20 heavy (non-hydrogen) atoms. The predicted molar refractivity (Wildman–Crippen MR) is 78.8 cm³/mol. The highest BCUT2D eigenvalue weighted by molar-refractivity contribution is 5.78. The summed E-state index contributed by atoms with van der Waals surface area (Å²) in [6.07, 6.45) is 0.664. The molecule has 3 rings (SSSR count). The monoisotopic (exact) mass is 266 g/mol. The molecule has 1 heterocycles. The second-order valence-corrected chi connectivity index (χ2v) is 4.79. The number of nitrogens with two attached hydrogens (primary N) is 1. The van der Waals surface area contributed by atoms with Crippen LogP contribution < -0.4 is 5.73 Å². The van der Waals surface area contributed by atoms with E-state index in [1.54, 1.807) is 6.07 Å². The number of hydrogen-bond acceptors (Lipinski definition) is 2. The van der Waals surface area contributed by atoms with E-state index in [1.165, 1.54) is 12.1 Å². The molecule has 0 atom stereocenters. The van der Waals surface area contributed by atoms with Crippen molar-refractivity contribution in [3.63, 3.8) is 0 Å². The van der Waals surface area contributed by atoms with Gasteiger partial charge in [0.1, 0.15) is 5.82 Å². The minimum Gasteiger partial charge on any atom is -0.326 e. The van der Waals surface area contributed by atoms with Gasteiger partial charge in [0.15, 0.2) is 0 Å². The summed E-state index contributed by atoms with van der Waals surface area (Å²) in [6.45, 7) is 0.334. The molecule has 0 saturated heterocycles. The van der Waals surface area contributed by atoms with Crippen LogP contribution in [0.25, 0.3) is 10.9 Å². The van der Waals surface area contributed by atoms with Crippen molar-refractivity contribution in [3.05, 3.63) is 77.2 Å². The van der Waals surface area contributed by atoms with Crippen molar-refractivity contribution in [1.82, 2.24) is 4.98 Å². The van der Waals surface area contributed by atoms with E-state index in [4.69, 9.17) is 5.73 Å². The molecule has 2 N–H and O–H groups in total. The fraction of sp³-hybridized carbons (Fsp3) is 0.118. The smallest absolute Gasteiger partial charge is 0.123 e. The Kier molecular flexibility index (Phi) is 3.44. The van der Waals surface area contributed by atoms with Crippen molar-refractivity contribution < 1.29 is 4.39 Å². The summed E-state index contributed by atoms with van der Waals surface area (Å²) in [4.78, 5) is 4.63. The number of benzene rings is 2. The molecule has 0 aliphatic carbocycles. The standard InChI is InChI=1S/C17H15FN2/c18-15-7-5-13(14(9-15)11-19)10-16-8-6-12-3-1-2-4-17(12)20-16/h1-9H,10-11,19H2. The molecule has 0 aliphatic rings. The minimum atomic E-state index is -0.249. The summed E-state index contributed by atoms with van der Waals surface area (Å²) in [5.41, 5.74) is 9.47. The maximum atomic E-state index is 13.2. The van der Waals surface area contributed by atoms with E-state index in [0.717, 1.165) is 27.7 Å². The highest BCUT2D eigenvalue weighted by Crippen LogP contribution is 2.17. The van der Waals surface area contributed by atoms with Gasteiger partial charge in [0, 0.05) is 24.0 Å². The third-order valence-electron chi connectivity index (χ3n) is 3.42. The molecule has 0 fully saturated rings. The molecule has 100 valence electrons. The van der Waals surface area contributed by atoms with E-state index < -0.39 is 0 Å². The van der Waals surface area contributed by atoms with Crippen LogP contribution in [0.4, 0.5) is 4.39 Å². The van der Waals surface area contributed by atoms with Gasteiger partial charge in [-0.05, 0) is 35.4 Å². The second kappa shape index (κ2) is 5.39. The molecule has 0 unspecified atom stereocenters. The fourth-order valence-electron chi connectivity index (χ4n) is 2.36. The van der Waals surface area contributed by atoms with Crippen LogP contribution in [0.15, 0.2) is 54.6 Å². The summed E-state index contributed by atoms with van der Waals surface area (Å²) in [7, 11) is 0. The van der Waals surface area contributed by atoms with E-state index in [9.17, 15) is 4.39 Å². The van der Waals surface area contributed by atoms with Gasteiger partial charge in [-0.25, -0.2) is 4.39 Å². The first-order valence-electron chi connectivity index (χ1n) is 6.58. The lowest BCUT2D eigenvalue weighted by atomic mass is 10.0. The average Bonchev–Trinajstić information content (AvgIpc) is 2.49. The normalized spacial score (nSPS) is 10.9. The topological polar surface area (TPSA) is 38.9 Å². The summed E-state index contributed by atoms with van der Waals surface area (Å²) in [5, 5.41) is 1.12. The van der Waals surface area contributed by atoms with Gasteiger partial charge in [-0.15, -0.1) is 0 Å². The van der Waals surface area contributed by atoms with Crippen LogP contribution in [-0.4, -0.2) is 4.98 Å². The van der Waals surface area contributed by atoms with Gasteiger partial charge in [-0.3, -0.25) is 4.98 Å². The Morgan fingerprint density at radius 3 is 2.65 bits per heavy atom. The molecule has 0 aliphatic heterocycles. The SMILES string of the molecule is NCc1cc(F)ccc1Cc1ccc2ccccc2n1. The lowest BCUT2D eigenvalue weighted by Gasteiger charge is -2.08. The average molecular weight is 266 g/mol. The van der Waals surface area contributed by atoms with E-state index in [-0.39, 0.29) is 5.82 Å². The molecule has 0 bridgehead atoms. The molecule has 0 radical (unpaired) electrons. The number of pyridine rings is 1.